The average molecular weight is 370 g/mol. The summed E-state index contributed by atoms with van der Waals surface area (Å²) >= 11 is 1.32. The Morgan fingerprint density at radius 2 is 1.92 bits per heavy atom. The smallest absolute Gasteiger partial charge is 0.262 e. The number of para-hydroxylation sites is 1. The van der Waals surface area contributed by atoms with E-state index in [9.17, 15) is 9.59 Å². The third-order valence-corrected chi connectivity index (χ3v) is 4.69. The normalized spacial score (nSPS) is 10.7. The van der Waals surface area contributed by atoms with Crippen LogP contribution in [0.15, 0.2) is 52.4 Å². The largest absolute Gasteiger partial charge is 0.497 e. The van der Waals surface area contributed by atoms with E-state index in [0.29, 0.717) is 33.1 Å². The third kappa shape index (κ3) is 3.30. The Morgan fingerprint density at radius 1 is 1.15 bits per heavy atom. The van der Waals surface area contributed by atoms with E-state index in [4.69, 9.17) is 9.47 Å². The van der Waals surface area contributed by atoms with Crippen molar-refractivity contribution in [2.24, 2.45) is 0 Å². The fraction of sp³-hybridized carbons (Fsp3) is 0.211. The first-order valence-electron chi connectivity index (χ1n) is 7.87. The molecule has 3 rings (SSSR count). The van der Waals surface area contributed by atoms with Gasteiger partial charge < -0.3 is 9.47 Å². The number of Topliss-reactive ketones (excluding diaryl/α,β-unsaturated/α-hetero) is 1. The molecule has 0 aliphatic heterocycles. The summed E-state index contributed by atoms with van der Waals surface area (Å²) in [6.07, 6.45) is 1.82. The molecule has 26 heavy (non-hydrogen) atoms. The highest BCUT2D eigenvalue weighted by Gasteiger charge is 2.18. The van der Waals surface area contributed by atoms with Gasteiger partial charge in [-0.05, 0) is 36.6 Å². The van der Waals surface area contributed by atoms with Crippen LogP contribution in [0.5, 0.6) is 11.5 Å². The number of benzene rings is 2. The minimum absolute atomic E-state index is 0.129. The first kappa shape index (κ1) is 18.0. The van der Waals surface area contributed by atoms with Crippen molar-refractivity contribution in [2.45, 2.75) is 11.7 Å². The summed E-state index contributed by atoms with van der Waals surface area (Å²) in [4.78, 5) is 30.2. The zero-order valence-electron chi connectivity index (χ0n) is 14.7. The second-order valence-corrected chi connectivity index (χ2v) is 6.27. The molecular weight excluding hydrogens is 352 g/mol. The Hall–Kier alpha value is -2.80. The van der Waals surface area contributed by atoms with E-state index in [0.717, 1.165) is 0 Å². The van der Waals surface area contributed by atoms with Gasteiger partial charge in [0.1, 0.15) is 11.5 Å². The van der Waals surface area contributed by atoms with Gasteiger partial charge in [-0.3, -0.25) is 14.2 Å². The molecule has 0 amide bonds. The predicted molar refractivity (Wildman–Crippen MR) is 102 cm³/mol. The third-order valence-electron chi connectivity index (χ3n) is 4.02. The number of fused-ring (bicyclic) bond motifs is 1. The lowest BCUT2D eigenvalue weighted by Gasteiger charge is -2.13. The molecule has 3 aromatic rings. The number of rotatable bonds is 6. The highest BCUT2D eigenvalue weighted by Crippen LogP contribution is 2.25. The van der Waals surface area contributed by atoms with E-state index in [1.807, 2.05) is 12.3 Å². The summed E-state index contributed by atoms with van der Waals surface area (Å²) in [5.41, 5.74) is 0.735. The van der Waals surface area contributed by atoms with Crippen molar-refractivity contribution in [3.8, 4) is 11.5 Å². The minimum atomic E-state index is -0.254. The fourth-order valence-electron chi connectivity index (χ4n) is 2.70. The van der Waals surface area contributed by atoms with E-state index in [1.165, 1.54) is 30.5 Å². The van der Waals surface area contributed by atoms with Gasteiger partial charge in [0, 0.05) is 0 Å². The summed E-state index contributed by atoms with van der Waals surface area (Å²) in [7, 11) is 3.02. The van der Waals surface area contributed by atoms with Crippen LogP contribution in [-0.4, -0.2) is 35.8 Å². The lowest BCUT2D eigenvalue weighted by molar-refractivity contribution is 0.0964. The van der Waals surface area contributed by atoms with Crippen LogP contribution in [0, 0.1) is 0 Å². The number of aromatic nitrogens is 2. The van der Waals surface area contributed by atoms with Gasteiger partial charge in [-0.1, -0.05) is 23.9 Å². The van der Waals surface area contributed by atoms with Crippen LogP contribution in [0.1, 0.15) is 10.4 Å². The second-order valence-electron chi connectivity index (χ2n) is 5.50. The van der Waals surface area contributed by atoms with E-state index >= 15 is 0 Å². The standard InChI is InChI=1S/C19H18N2O4S/c1-24-12-8-9-17(25-2)14(10-12)16(22)11-21-18(23)13-6-4-5-7-15(13)20-19(21)26-3/h4-10H,11H2,1-3H3. The summed E-state index contributed by atoms with van der Waals surface area (Å²) in [5.74, 6) is 0.724. The number of ether oxygens (including phenoxy) is 2. The molecule has 134 valence electrons. The van der Waals surface area contributed by atoms with Crippen LogP contribution >= 0.6 is 11.8 Å². The molecule has 0 atom stereocenters. The van der Waals surface area contributed by atoms with Gasteiger partial charge in [0.25, 0.3) is 5.56 Å². The first-order chi connectivity index (χ1) is 12.6. The van der Waals surface area contributed by atoms with Crippen molar-refractivity contribution in [2.75, 3.05) is 20.5 Å². The van der Waals surface area contributed by atoms with Crippen molar-refractivity contribution >= 4 is 28.4 Å². The van der Waals surface area contributed by atoms with Crippen LogP contribution in [0.3, 0.4) is 0 Å². The van der Waals surface area contributed by atoms with Crippen LogP contribution in [0.4, 0.5) is 0 Å². The Balaban J connectivity index is 2.08. The van der Waals surface area contributed by atoms with Crippen molar-refractivity contribution in [3.63, 3.8) is 0 Å². The number of hydrogen-bond donors (Lipinski definition) is 0. The quantitative estimate of drug-likeness (QED) is 0.377. The van der Waals surface area contributed by atoms with Gasteiger partial charge in [0.2, 0.25) is 0 Å². The Bertz CT molecular complexity index is 1030. The van der Waals surface area contributed by atoms with E-state index < -0.39 is 0 Å². The van der Waals surface area contributed by atoms with Crippen LogP contribution in [0.2, 0.25) is 0 Å². The van der Waals surface area contributed by atoms with Crippen LogP contribution in [0.25, 0.3) is 10.9 Å². The summed E-state index contributed by atoms with van der Waals surface area (Å²) in [5, 5.41) is 0.972. The number of carbonyl (C=O) groups excluding carboxylic acids is 1. The van der Waals surface area contributed by atoms with Crippen LogP contribution in [-0.2, 0) is 6.54 Å². The second kappa shape index (κ2) is 7.61. The molecule has 1 heterocycles. The molecule has 2 aromatic carbocycles. The highest BCUT2D eigenvalue weighted by molar-refractivity contribution is 7.98. The summed E-state index contributed by atoms with van der Waals surface area (Å²) in [6.45, 7) is -0.129. The number of carbonyl (C=O) groups is 1. The van der Waals surface area contributed by atoms with E-state index in [2.05, 4.69) is 4.98 Å². The zero-order valence-corrected chi connectivity index (χ0v) is 15.5. The number of hydrogen-bond acceptors (Lipinski definition) is 6. The molecule has 0 aliphatic carbocycles. The molecule has 0 unspecified atom stereocenters. The molecule has 0 spiro atoms. The minimum Gasteiger partial charge on any atom is -0.497 e. The highest BCUT2D eigenvalue weighted by atomic mass is 32.2. The lowest BCUT2D eigenvalue weighted by Crippen LogP contribution is -2.27. The zero-order chi connectivity index (χ0) is 18.7. The van der Waals surface area contributed by atoms with E-state index in [1.54, 1.807) is 36.4 Å². The molecule has 1 aromatic heterocycles. The van der Waals surface area contributed by atoms with E-state index in [-0.39, 0.29) is 17.9 Å². The molecule has 0 fully saturated rings. The van der Waals surface area contributed by atoms with Crippen molar-refractivity contribution < 1.29 is 14.3 Å². The molecule has 0 radical (unpaired) electrons. The number of nitrogens with zero attached hydrogens (tertiary/aromatic N) is 2. The first-order valence-corrected chi connectivity index (χ1v) is 9.10. The topological polar surface area (TPSA) is 70.4 Å². The van der Waals surface area contributed by atoms with Gasteiger partial charge in [-0.15, -0.1) is 0 Å². The molecule has 6 nitrogen and oxygen atoms in total. The Morgan fingerprint density at radius 3 is 2.62 bits per heavy atom. The monoisotopic (exact) mass is 370 g/mol. The molecule has 0 N–H and O–H groups in total. The molecule has 7 heteroatoms. The fourth-order valence-corrected chi connectivity index (χ4v) is 3.26. The molecule has 0 aliphatic rings. The van der Waals surface area contributed by atoms with Gasteiger partial charge in [-0.2, -0.15) is 0 Å². The predicted octanol–water partition coefficient (Wildman–Crippen LogP) is 3.02. The maximum atomic E-state index is 12.9. The van der Waals surface area contributed by atoms with Crippen molar-refractivity contribution in [1.82, 2.24) is 9.55 Å². The van der Waals surface area contributed by atoms with Crippen LogP contribution < -0.4 is 15.0 Å². The summed E-state index contributed by atoms with van der Waals surface area (Å²) in [6, 6.07) is 12.1. The van der Waals surface area contributed by atoms with Gasteiger partial charge in [0.15, 0.2) is 10.9 Å². The molecule has 0 bridgehead atoms. The van der Waals surface area contributed by atoms with Gasteiger partial charge >= 0.3 is 0 Å². The van der Waals surface area contributed by atoms with Gasteiger partial charge in [-0.25, -0.2) is 4.98 Å². The molecule has 0 saturated carbocycles. The maximum Gasteiger partial charge on any atom is 0.262 e. The SMILES string of the molecule is COc1ccc(OC)c(C(=O)Cn2c(SC)nc3ccccc3c2=O)c1. The lowest BCUT2D eigenvalue weighted by atomic mass is 10.1. The number of ketones is 1. The maximum absolute atomic E-state index is 12.9. The Labute approximate surface area is 154 Å². The number of methoxy groups -OCH3 is 2. The van der Waals surface area contributed by atoms with Gasteiger partial charge in [0.05, 0.1) is 37.2 Å². The molecule has 0 saturated heterocycles. The molecular formula is C19H18N2O4S. The summed E-state index contributed by atoms with van der Waals surface area (Å²) < 4.78 is 11.9. The number of thioether (sulfide) groups is 1. The van der Waals surface area contributed by atoms with Crippen molar-refractivity contribution in [3.05, 3.63) is 58.4 Å². The Kier molecular flexibility index (Phi) is 5.27. The van der Waals surface area contributed by atoms with Crippen molar-refractivity contribution in [1.29, 1.82) is 0 Å². The average Bonchev–Trinajstić information content (AvgIpc) is 2.69.